The fourth-order valence-electron chi connectivity index (χ4n) is 2.51. The van der Waals surface area contributed by atoms with Gasteiger partial charge in [-0.05, 0) is 18.1 Å². The second-order valence-electron chi connectivity index (χ2n) is 5.38. The van der Waals surface area contributed by atoms with Crippen molar-refractivity contribution in [1.82, 2.24) is 10.3 Å². The molecule has 1 heterocycles. The number of methoxy groups -OCH3 is 1. The van der Waals surface area contributed by atoms with Gasteiger partial charge in [0, 0.05) is 18.8 Å². The third-order valence-electron chi connectivity index (χ3n) is 4.10. The number of rotatable bonds is 7. The van der Waals surface area contributed by atoms with Crippen molar-refractivity contribution in [3.63, 3.8) is 0 Å². The quantitative estimate of drug-likeness (QED) is 0.814. The van der Waals surface area contributed by atoms with Crippen LogP contribution in [0.15, 0.2) is 48.7 Å². The van der Waals surface area contributed by atoms with E-state index in [2.05, 4.69) is 10.3 Å². The zero-order chi connectivity index (χ0) is 17.6. The summed E-state index contributed by atoms with van der Waals surface area (Å²) in [4.78, 5) is 28.2. The summed E-state index contributed by atoms with van der Waals surface area (Å²) >= 11 is 0. The number of carboxylic acid groups (broad SMARTS) is 1. The number of aromatic nitrogens is 1. The molecule has 6 heteroatoms. The molecule has 1 unspecified atom stereocenters. The Balaban J connectivity index is 2.18. The van der Waals surface area contributed by atoms with Crippen molar-refractivity contribution in [2.24, 2.45) is 0 Å². The Kier molecular flexibility index (Phi) is 5.52. The Hall–Kier alpha value is -2.89. The molecule has 126 valence electrons. The van der Waals surface area contributed by atoms with Gasteiger partial charge in [-0.15, -0.1) is 0 Å². The summed E-state index contributed by atoms with van der Waals surface area (Å²) in [5, 5.41) is 12.5. The van der Waals surface area contributed by atoms with E-state index in [1.807, 2.05) is 6.07 Å². The predicted octanol–water partition coefficient (Wildman–Crippen LogP) is 2.25. The van der Waals surface area contributed by atoms with Gasteiger partial charge in [-0.2, -0.15) is 0 Å². The first-order valence-electron chi connectivity index (χ1n) is 7.60. The summed E-state index contributed by atoms with van der Waals surface area (Å²) < 4.78 is 4.95. The topological polar surface area (TPSA) is 88.5 Å². The highest BCUT2D eigenvalue weighted by Crippen LogP contribution is 2.28. The van der Waals surface area contributed by atoms with E-state index in [4.69, 9.17) is 4.74 Å². The minimum absolute atomic E-state index is 0.00624. The number of pyridine rings is 1. The molecule has 2 aromatic rings. The van der Waals surface area contributed by atoms with Crippen LogP contribution in [0.3, 0.4) is 0 Å². The van der Waals surface area contributed by atoms with Gasteiger partial charge in [-0.1, -0.05) is 37.3 Å². The summed E-state index contributed by atoms with van der Waals surface area (Å²) in [5.74, 6) is -0.936. The molecule has 24 heavy (non-hydrogen) atoms. The number of benzene rings is 1. The van der Waals surface area contributed by atoms with E-state index in [1.165, 1.54) is 13.3 Å². The molecule has 6 nitrogen and oxygen atoms in total. The first-order chi connectivity index (χ1) is 11.5. The molecule has 2 rings (SSSR count). The number of hydrogen-bond acceptors (Lipinski definition) is 4. The van der Waals surface area contributed by atoms with Gasteiger partial charge in [0.1, 0.15) is 5.41 Å². The van der Waals surface area contributed by atoms with E-state index < -0.39 is 11.4 Å². The molecular weight excluding hydrogens is 308 g/mol. The number of nitrogens with one attached hydrogen (secondary N) is 1. The molecule has 0 aliphatic rings. The Morgan fingerprint density at radius 1 is 1.21 bits per heavy atom. The zero-order valence-electron chi connectivity index (χ0n) is 13.7. The molecule has 1 amide bonds. The van der Waals surface area contributed by atoms with Crippen molar-refractivity contribution in [3.05, 3.63) is 59.8 Å². The molecule has 0 aliphatic heterocycles. The minimum Gasteiger partial charge on any atom is -0.481 e. The van der Waals surface area contributed by atoms with Gasteiger partial charge in [0.2, 0.25) is 5.88 Å². The molecule has 0 saturated heterocycles. The monoisotopic (exact) mass is 328 g/mol. The maximum absolute atomic E-state index is 12.3. The highest BCUT2D eigenvalue weighted by atomic mass is 16.5. The van der Waals surface area contributed by atoms with Crippen LogP contribution in [-0.4, -0.2) is 35.6 Å². The Morgan fingerprint density at radius 3 is 2.42 bits per heavy atom. The van der Waals surface area contributed by atoms with E-state index in [-0.39, 0.29) is 12.5 Å². The van der Waals surface area contributed by atoms with Crippen LogP contribution in [0.25, 0.3) is 0 Å². The number of ether oxygens (including phenoxy) is 1. The maximum Gasteiger partial charge on any atom is 0.315 e. The highest BCUT2D eigenvalue weighted by Gasteiger charge is 2.39. The molecule has 0 radical (unpaired) electrons. The van der Waals surface area contributed by atoms with Gasteiger partial charge in [-0.3, -0.25) is 9.59 Å². The van der Waals surface area contributed by atoms with Crippen LogP contribution in [0.2, 0.25) is 0 Å². The van der Waals surface area contributed by atoms with Gasteiger partial charge in [0.15, 0.2) is 0 Å². The molecular formula is C18H20N2O4. The van der Waals surface area contributed by atoms with Gasteiger partial charge < -0.3 is 15.2 Å². The van der Waals surface area contributed by atoms with Crippen molar-refractivity contribution < 1.29 is 19.4 Å². The van der Waals surface area contributed by atoms with Gasteiger partial charge in [0.25, 0.3) is 5.91 Å². The average molecular weight is 328 g/mol. The average Bonchev–Trinajstić information content (AvgIpc) is 2.63. The molecule has 1 aromatic carbocycles. The summed E-state index contributed by atoms with van der Waals surface area (Å²) in [6.45, 7) is 1.79. The number of carbonyl (C=O) groups is 2. The third kappa shape index (κ3) is 3.53. The minimum atomic E-state index is -1.17. The van der Waals surface area contributed by atoms with Crippen LogP contribution >= 0.6 is 0 Å². The SMILES string of the molecule is CCC(CNC(=O)c1ccc(OC)nc1)(C(=O)O)c1ccccc1. The molecule has 0 saturated carbocycles. The summed E-state index contributed by atoms with van der Waals surface area (Å²) in [6.07, 6.45) is 1.75. The van der Waals surface area contributed by atoms with E-state index in [0.717, 1.165) is 0 Å². The number of carboxylic acids is 1. The highest BCUT2D eigenvalue weighted by molar-refractivity contribution is 5.94. The van der Waals surface area contributed by atoms with E-state index >= 15 is 0 Å². The summed E-state index contributed by atoms with van der Waals surface area (Å²) in [7, 11) is 1.49. The van der Waals surface area contributed by atoms with Crippen molar-refractivity contribution in [2.45, 2.75) is 18.8 Å². The van der Waals surface area contributed by atoms with Crippen LogP contribution in [0.5, 0.6) is 5.88 Å². The third-order valence-corrected chi connectivity index (χ3v) is 4.10. The summed E-state index contributed by atoms with van der Waals surface area (Å²) in [5.41, 5.74) is -0.163. The summed E-state index contributed by atoms with van der Waals surface area (Å²) in [6, 6.07) is 12.1. The number of carbonyl (C=O) groups excluding carboxylic acids is 1. The van der Waals surface area contributed by atoms with Gasteiger partial charge >= 0.3 is 5.97 Å². The van der Waals surface area contributed by atoms with Crippen LogP contribution in [0.1, 0.15) is 29.3 Å². The molecule has 0 fully saturated rings. The van der Waals surface area contributed by atoms with Crippen molar-refractivity contribution in [1.29, 1.82) is 0 Å². The molecule has 0 aliphatic carbocycles. The van der Waals surface area contributed by atoms with Gasteiger partial charge in [0.05, 0.1) is 12.7 Å². The number of amides is 1. The second-order valence-corrected chi connectivity index (χ2v) is 5.38. The standard InChI is InChI=1S/C18H20N2O4/c1-3-18(17(22)23,14-7-5-4-6-8-14)12-20-16(21)13-9-10-15(24-2)19-11-13/h4-11H,3,12H2,1-2H3,(H,20,21)(H,22,23). The lowest BCUT2D eigenvalue weighted by Crippen LogP contribution is -2.46. The van der Waals surface area contributed by atoms with Crippen LogP contribution in [0, 0.1) is 0 Å². The fraction of sp³-hybridized carbons (Fsp3) is 0.278. The van der Waals surface area contributed by atoms with Gasteiger partial charge in [-0.25, -0.2) is 4.98 Å². The molecule has 1 atom stereocenters. The Bertz CT molecular complexity index is 701. The van der Waals surface area contributed by atoms with Crippen LogP contribution in [0.4, 0.5) is 0 Å². The normalized spacial score (nSPS) is 12.9. The first-order valence-corrected chi connectivity index (χ1v) is 7.60. The fourth-order valence-corrected chi connectivity index (χ4v) is 2.51. The van der Waals surface area contributed by atoms with E-state index in [9.17, 15) is 14.7 Å². The smallest absolute Gasteiger partial charge is 0.315 e. The van der Waals surface area contributed by atoms with E-state index in [0.29, 0.717) is 23.4 Å². The number of nitrogens with zero attached hydrogens (tertiary/aromatic N) is 1. The predicted molar refractivity (Wildman–Crippen MR) is 89.2 cm³/mol. The Labute approximate surface area is 140 Å². The lowest BCUT2D eigenvalue weighted by molar-refractivity contribution is -0.143. The van der Waals surface area contributed by atoms with Crippen LogP contribution in [-0.2, 0) is 10.2 Å². The van der Waals surface area contributed by atoms with Crippen molar-refractivity contribution >= 4 is 11.9 Å². The molecule has 0 bridgehead atoms. The largest absolute Gasteiger partial charge is 0.481 e. The number of hydrogen-bond donors (Lipinski definition) is 2. The van der Waals surface area contributed by atoms with Crippen molar-refractivity contribution in [2.75, 3.05) is 13.7 Å². The molecule has 2 N–H and O–H groups in total. The van der Waals surface area contributed by atoms with E-state index in [1.54, 1.807) is 43.3 Å². The molecule has 0 spiro atoms. The lowest BCUT2D eigenvalue weighted by Gasteiger charge is -2.29. The zero-order valence-corrected chi connectivity index (χ0v) is 13.7. The first kappa shape index (κ1) is 17.5. The lowest BCUT2D eigenvalue weighted by atomic mass is 9.78. The van der Waals surface area contributed by atoms with Crippen molar-refractivity contribution in [3.8, 4) is 5.88 Å². The number of aliphatic carboxylic acids is 1. The second kappa shape index (κ2) is 7.59. The molecule has 1 aromatic heterocycles. The van der Waals surface area contributed by atoms with Crippen LogP contribution < -0.4 is 10.1 Å². The Morgan fingerprint density at radius 2 is 1.92 bits per heavy atom. The maximum atomic E-state index is 12.3.